The number of nitrogens with one attached hydrogen (secondary N) is 2. The average Bonchev–Trinajstić information content (AvgIpc) is 3.37. The summed E-state index contributed by atoms with van der Waals surface area (Å²) in [6.07, 6.45) is 3.43. The number of ether oxygens (including phenoxy) is 1. The zero-order valence-electron chi connectivity index (χ0n) is 17.2. The number of anilines is 1. The molecule has 0 unspecified atom stereocenters. The highest BCUT2D eigenvalue weighted by Crippen LogP contribution is 2.31. The van der Waals surface area contributed by atoms with E-state index in [9.17, 15) is 4.79 Å². The minimum Gasteiger partial charge on any atom is -0.497 e. The van der Waals surface area contributed by atoms with E-state index in [1.54, 1.807) is 7.11 Å². The molecule has 1 aliphatic heterocycles. The molecule has 0 saturated carbocycles. The highest BCUT2D eigenvalue weighted by Gasteiger charge is 2.18. The number of methoxy groups -OCH3 is 1. The van der Waals surface area contributed by atoms with E-state index in [0.29, 0.717) is 22.8 Å². The minimum absolute atomic E-state index is 0.522. The molecule has 7 heteroatoms. The summed E-state index contributed by atoms with van der Waals surface area (Å²) in [5, 5.41) is 4.27. The molecule has 1 aliphatic rings. The van der Waals surface area contributed by atoms with Gasteiger partial charge in [-0.2, -0.15) is 0 Å². The number of likely N-dealkylation sites (tertiary alicyclic amines) is 1. The van der Waals surface area contributed by atoms with Crippen LogP contribution in [-0.2, 0) is 0 Å². The topological polar surface area (TPSA) is 83.1 Å². The van der Waals surface area contributed by atoms with E-state index in [2.05, 4.69) is 20.2 Å². The molecule has 3 heterocycles. The van der Waals surface area contributed by atoms with Crippen LogP contribution >= 0.6 is 0 Å². The average molecular weight is 393 g/mol. The summed E-state index contributed by atoms with van der Waals surface area (Å²) in [6, 6.07) is 5.63. The number of benzene rings is 1. The molecule has 0 aliphatic carbocycles. The fourth-order valence-electron chi connectivity index (χ4n) is 3.87. The van der Waals surface area contributed by atoms with Crippen LogP contribution in [0.4, 0.5) is 5.82 Å². The smallest absolute Gasteiger partial charge is 0.179 e. The van der Waals surface area contributed by atoms with Gasteiger partial charge in [-0.25, -0.2) is 9.97 Å². The van der Waals surface area contributed by atoms with Crippen LogP contribution in [0.25, 0.3) is 22.4 Å². The summed E-state index contributed by atoms with van der Waals surface area (Å²) >= 11 is 0. The Morgan fingerprint density at radius 2 is 2.03 bits per heavy atom. The first-order chi connectivity index (χ1) is 14.1. The molecule has 0 atom stereocenters. The third-order valence-corrected chi connectivity index (χ3v) is 5.70. The number of hydrogen-bond acceptors (Lipinski definition) is 6. The number of fused-ring (bicyclic) bond motifs is 1. The van der Waals surface area contributed by atoms with Gasteiger partial charge in [0.15, 0.2) is 12.1 Å². The van der Waals surface area contributed by atoms with E-state index < -0.39 is 0 Å². The predicted octanol–water partition coefficient (Wildman–Crippen LogP) is 3.57. The standard InChI is InChI=1S/C22H27N5O2/c1-14-15(2)24-22(26-21(14)23-8-11-27-9-4-5-10-27)20-18(13-28)17-12-16(29-3)6-7-19(17)25-20/h6-7,12-13,25H,4-5,8-11H2,1-3H3,(H,23,24,26). The molecule has 2 N–H and O–H groups in total. The van der Waals surface area contributed by atoms with Crippen molar-refractivity contribution < 1.29 is 9.53 Å². The maximum Gasteiger partial charge on any atom is 0.179 e. The maximum atomic E-state index is 11.9. The summed E-state index contributed by atoms with van der Waals surface area (Å²) < 4.78 is 5.30. The van der Waals surface area contributed by atoms with Crippen LogP contribution in [0.2, 0.25) is 0 Å². The molecule has 2 aromatic heterocycles. The van der Waals surface area contributed by atoms with E-state index in [4.69, 9.17) is 9.72 Å². The van der Waals surface area contributed by atoms with Gasteiger partial charge >= 0.3 is 0 Å². The summed E-state index contributed by atoms with van der Waals surface area (Å²) in [4.78, 5) is 27.1. The van der Waals surface area contributed by atoms with Crippen LogP contribution in [0.15, 0.2) is 18.2 Å². The van der Waals surface area contributed by atoms with Crippen LogP contribution in [0.1, 0.15) is 34.5 Å². The molecule has 0 radical (unpaired) electrons. The lowest BCUT2D eigenvalue weighted by Crippen LogP contribution is -2.26. The molecule has 29 heavy (non-hydrogen) atoms. The van der Waals surface area contributed by atoms with E-state index in [1.165, 1.54) is 25.9 Å². The van der Waals surface area contributed by atoms with Crippen LogP contribution in [0.3, 0.4) is 0 Å². The molecule has 152 valence electrons. The molecule has 1 fully saturated rings. The number of aromatic amines is 1. The number of carbonyl (C=O) groups excluding carboxylic acids is 1. The second-order valence-electron chi connectivity index (χ2n) is 7.52. The molecule has 1 aromatic carbocycles. The van der Waals surface area contributed by atoms with Gasteiger partial charge in [-0.15, -0.1) is 0 Å². The normalized spacial score (nSPS) is 14.4. The van der Waals surface area contributed by atoms with Crippen molar-refractivity contribution in [3.05, 3.63) is 35.0 Å². The number of aromatic nitrogens is 3. The molecular formula is C22H27N5O2. The number of carbonyl (C=O) groups is 1. The van der Waals surface area contributed by atoms with Crippen LogP contribution in [0, 0.1) is 13.8 Å². The summed E-state index contributed by atoms with van der Waals surface area (Å²) in [6.45, 7) is 8.18. The number of H-pyrrole nitrogens is 1. The van der Waals surface area contributed by atoms with Gasteiger partial charge in [0, 0.05) is 35.2 Å². The van der Waals surface area contributed by atoms with Gasteiger partial charge in [-0.3, -0.25) is 4.79 Å². The molecule has 3 aromatic rings. The number of nitrogens with zero attached hydrogens (tertiary/aromatic N) is 3. The van der Waals surface area contributed by atoms with Gasteiger partial charge in [0.25, 0.3) is 0 Å². The predicted molar refractivity (Wildman–Crippen MR) is 115 cm³/mol. The zero-order chi connectivity index (χ0) is 20.4. The first kappa shape index (κ1) is 19.4. The van der Waals surface area contributed by atoms with Crippen LogP contribution in [0.5, 0.6) is 5.75 Å². The van der Waals surface area contributed by atoms with Gasteiger partial charge in [-0.1, -0.05) is 0 Å². The Morgan fingerprint density at radius 1 is 1.24 bits per heavy atom. The van der Waals surface area contributed by atoms with Gasteiger partial charge < -0.3 is 19.9 Å². The Hall–Kier alpha value is -2.93. The van der Waals surface area contributed by atoms with Crippen molar-refractivity contribution in [3.8, 4) is 17.3 Å². The Bertz CT molecular complexity index is 1040. The highest BCUT2D eigenvalue weighted by atomic mass is 16.5. The summed E-state index contributed by atoms with van der Waals surface area (Å²) in [5.74, 6) is 2.05. The summed E-state index contributed by atoms with van der Waals surface area (Å²) in [5.41, 5.74) is 3.96. The quantitative estimate of drug-likeness (QED) is 0.597. The Labute approximate surface area is 170 Å². The minimum atomic E-state index is 0.522. The van der Waals surface area contributed by atoms with Crippen molar-refractivity contribution in [3.63, 3.8) is 0 Å². The molecular weight excluding hydrogens is 366 g/mol. The molecule has 0 amide bonds. The fourth-order valence-corrected chi connectivity index (χ4v) is 3.87. The molecule has 0 bridgehead atoms. The lowest BCUT2D eigenvalue weighted by atomic mass is 10.1. The Morgan fingerprint density at radius 3 is 2.76 bits per heavy atom. The number of aldehydes is 1. The largest absolute Gasteiger partial charge is 0.497 e. The lowest BCUT2D eigenvalue weighted by Gasteiger charge is -2.16. The monoisotopic (exact) mass is 393 g/mol. The van der Waals surface area contributed by atoms with Crippen LogP contribution in [-0.4, -0.2) is 59.4 Å². The van der Waals surface area contributed by atoms with Crippen molar-refractivity contribution in [2.75, 3.05) is 38.6 Å². The van der Waals surface area contributed by atoms with Crippen molar-refractivity contribution in [1.82, 2.24) is 19.9 Å². The first-order valence-electron chi connectivity index (χ1n) is 10.1. The van der Waals surface area contributed by atoms with Crippen LogP contribution < -0.4 is 10.1 Å². The number of hydrogen-bond donors (Lipinski definition) is 2. The van der Waals surface area contributed by atoms with E-state index in [-0.39, 0.29) is 0 Å². The third kappa shape index (κ3) is 3.82. The van der Waals surface area contributed by atoms with Crippen molar-refractivity contribution in [2.24, 2.45) is 0 Å². The lowest BCUT2D eigenvalue weighted by molar-refractivity contribution is 0.112. The van der Waals surface area contributed by atoms with Crippen molar-refractivity contribution in [1.29, 1.82) is 0 Å². The highest BCUT2D eigenvalue weighted by molar-refractivity contribution is 6.04. The van der Waals surface area contributed by atoms with Crippen molar-refractivity contribution in [2.45, 2.75) is 26.7 Å². The van der Waals surface area contributed by atoms with E-state index >= 15 is 0 Å². The van der Waals surface area contributed by atoms with Gasteiger partial charge in [-0.05, 0) is 58.0 Å². The van der Waals surface area contributed by atoms with Gasteiger partial charge in [0.1, 0.15) is 11.6 Å². The SMILES string of the molecule is COc1ccc2[nH]c(-c3nc(C)c(C)c(NCCN4CCCC4)n3)c(C=O)c2c1. The second-order valence-corrected chi connectivity index (χ2v) is 7.52. The van der Waals surface area contributed by atoms with Gasteiger partial charge in [0.05, 0.1) is 18.4 Å². The Kier molecular flexibility index (Phi) is 5.49. The van der Waals surface area contributed by atoms with Crippen molar-refractivity contribution >= 4 is 23.0 Å². The first-order valence-corrected chi connectivity index (χ1v) is 10.1. The number of rotatable bonds is 7. The van der Waals surface area contributed by atoms with Gasteiger partial charge in [0.2, 0.25) is 0 Å². The van der Waals surface area contributed by atoms with E-state index in [1.807, 2.05) is 32.0 Å². The maximum absolute atomic E-state index is 11.9. The second kappa shape index (κ2) is 8.21. The molecule has 1 saturated heterocycles. The zero-order valence-corrected chi connectivity index (χ0v) is 17.2. The fraction of sp³-hybridized carbons (Fsp3) is 0.409. The number of aryl methyl sites for hydroxylation is 1. The Balaban J connectivity index is 1.67. The summed E-state index contributed by atoms with van der Waals surface area (Å²) in [7, 11) is 1.61. The third-order valence-electron chi connectivity index (χ3n) is 5.70. The molecule has 0 spiro atoms. The van der Waals surface area contributed by atoms with E-state index in [0.717, 1.165) is 47.4 Å². The molecule has 4 rings (SSSR count). The molecule has 7 nitrogen and oxygen atoms in total.